The molecule has 0 aromatic heterocycles. The molecule has 1 aliphatic heterocycles. The van der Waals surface area contributed by atoms with Gasteiger partial charge in [-0.2, -0.15) is 26.3 Å². The van der Waals surface area contributed by atoms with Crippen molar-refractivity contribution in [2.75, 3.05) is 13.1 Å². The third-order valence-electron chi connectivity index (χ3n) is 7.09. The lowest BCUT2D eigenvalue weighted by Crippen LogP contribution is -2.41. The summed E-state index contributed by atoms with van der Waals surface area (Å²) in [5.74, 6) is 0.403. The average Bonchev–Trinajstić information content (AvgIpc) is 3.21. The Labute approximate surface area is 187 Å². The third kappa shape index (κ3) is 5.29. The molecule has 0 spiro atoms. The van der Waals surface area contributed by atoms with Crippen molar-refractivity contribution >= 4 is 0 Å². The summed E-state index contributed by atoms with van der Waals surface area (Å²) in [6.45, 7) is 3.11. The predicted molar refractivity (Wildman–Crippen MR) is 109 cm³/mol. The van der Waals surface area contributed by atoms with E-state index >= 15 is 0 Å². The van der Waals surface area contributed by atoms with Crippen molar-refractivity contribution < 1.29 is 35.5 Å². The first-order valence-electron chi connectivity index (χ1n) is 11.1. The third-order valence-corrected chi connectivity index (χ3v) is 7.09. The van der Waals surface area contributed by atoms with E-state index < -0.39 is 29.6 Å². The highest BCUT2D eigenvalue weighted by atomic mass is 19.4. The highest BCUT2D eigenvalue weighted by Crippen LogP contribution is 2.46. The van der Waals surface area contributed by atoms with Crippen LogP contribution in [-0.2, 0) is 17.1 Å². The molecule has 1 aromatic rings. The van der Waals surface area contributed by atoms with Gasteiger partial charge in [0, 0.05) is 12.3 Å². The average molecular weight is 477 g/mol. The van der Waals surface area contributed by atoms with Gasteiger partial charge in [-0.05, 0) is 81.0 Å². The molecule has 1 saturated heterocycles. The minimum atomic E-state index is -4.91. The van der Waals surface area contributed by atoms with Crippen molar-refractivity contribution in [2.45, 2.75) is 57.2 Å². The van der Waals surface area contributed by atoms with Gasteiger partial charge in [0.05, 0.1) is 23.3 Å². The number of fused-ring (bicyclic) bond motifs is 1. The lowest BCUT2D eigenvalue weighted by molar-refractivity contribution is -0.143. The highest BCUT2D eigenvalue weighted by molar-refractivity contribution is 5.35. The van der Waals surface area contributed by atoms with Crippen LogP contribution in [0.2, 0.25) is 0 Å². The molecule has 182 valence electrons. The van der Waals surface area contributed by atoms with E-state index in [1.54, 1.807) is 6.08 Å². The van der Waals surface area contributed by atoms with Gasteiger partial charge in [-0.15, -0.1) is 0 Å². The molecule has 5 atom stereocenters. The van der Waals surface area contributed by atoms with Crippen LogP contribution in [0.4, 0.5) is 30.7 Å². The number of halogens is 7. The minimum Gasteiger partial charge on any atom is -0.370 e. The van der Waals surface area contributed by atoms with Crippen LogP contribution in [0.1, 0.15) is 55.4 Å². The second-order valence-corrected chi connectivity index (χ2v) is 9.20. The fraction of sp³-hybridized carbons (Fsp3) is 0.583. The molecule has 9 heteroatoms. The van der Waals surface area contributed by atoms with E-state index in [-0.39, 0.29) is 41.8 Å². The van der Waals surface area contributed by atoms with Gasteiger partial charge < -0.3 is 10.1 Å². The maximum Gasteiger partial charge on any atom is 0.416 e. The molecule has 1 heterocycles. The fourth-order valence-electron chi connectivity index (χ4n) is 5.45. The Morgan fingerprint density at radius 3 is 2.15 bits per heavy atom. The molecule has 1 saturated carbocycles. The van der Waals surface area contributed by atoms with Crippen molar-refractivity contribution in [3.8, 4) is 0 Å². The smallest absolute Gasteiger partial charge is 0.370 e. The lowest BCUT2D eigenvalue weighted by Gasteiger charge is -2.42. The van der Waals surface area contributed by atoms with E-state index in [0.29, 0.717) is 18.8 Å². The van der Waals surface area contributed by atoms with Gasteiger partial charge in [0.25, 0.3) is 0 Å². The SMILES string of the molecule is C[C@@H](O[C@H]1CCC2CNC[C@H]2[C@@H]1C1=CC=C(F)CC1)c1cc(C(F)(F)F)cc(C(F)(F)F)c1. The highest BCUT2D eigenvalue weighted by Gasteiger charge is 2.45. The van der Waals surface area contributed by atoms with Crippen LogP contribution in [0.3, 0.4) is 0 Å². The van der Waals surface area contributed by atoms with E-state index in [1.807, 2.05) is 0 Å². The Morgan fingerprint density at radius 2 is 1.58 bits per heavy atom. The van der Waals surface area contributed by atoms with Gasteiger partial charge in [0.2, 0.25) is 0 Å². The largest absolute Gasteiger partial charge is 0.416 e. The Hall–Kier alpha value is -1.87. The van der Waals surface area contributed by atoms with Crippen LogP contribution in [-0.4, -0.2) is 19.2 Å². The quantitative estimate of drug-likeness (QED) is 0.472. The molecule has 0 bridgehead atoms. The first-order valence-corrected chi connectivity index (χ1v) is 11.1. The first-order chi connectivity index (χ1) is 15.4. The molecule has 2 nitrogen and oxygen atoms in total. The molecule has 1 aromatic carbocycles. The van der Waals surface area contributed by atoms with E-state index in [1.165, 1.54) is 13.0 Å². The molecular formula is C24H26F7NO. The van der Waals surface area contributed by atoms with Crippen molar-refractivity contribution in [2.24, 2.45) is 17.8 Å². The zero-order valence-corrected chi connectivity index (χ0v) is 18.1. The Morgan fingerprint density at radius 1 is 0.909 bits per heavy atom. The molecule has 1 unspecified atom stereocenters. The normalized spacial score (nSPS) is 29.3. The summed E-state index contributed by atoms with van der Waals surface area (Å²) in [5.41, 5.74) is -1.82. The predicted octanol–water partition coefficient (Wildman–Crippen LogP) is 6.99. The summed E-state index contributed by atoms with van der Waals surface area (Å²) in [5, 5.41) is 3.37. The summed E-state index contributed by atoms with van der Waals surface area (Å²) in [6, 6.07) is 1.59. The fourth-order valence-corrected chi connectivity index (χ4v) is 5.45. The standard InChI is InChI=1S/C24H26F7NO/c1-13(16-8-17(23(26,27)28)10-18(9-16)24(29,30)31)33-21-7-4-15-11-32-12-20(15)22(21)14-2-5-19(25)6-3-14/h2,5,8-10,13,15,20-22,32H,3-4,6-7,11-12H2,1H3/t13-,15?,20-,21+,22+/m1/s1. The van der Waals surface area contributed by atoms with Crippen molar-refractivity contribution in [3.63, 3.8) is 0 Å². The molecule has 3 aliphatic rings. The second kappa shape index (κ2) is 9.06. The van der Waals surface area contributed by atoms with Gasteiger partial charge >= 0.3 is 12.4 Å². The number of benzene rings is 1. The van der Waals surface area contributed by atoms with Crippen molar-refractivity contribution in [3.05, 3.63) is 58.4 Å². The summed E-state index contributed by atoms with van der Waals surface area (Å²) in [7, 11) is 0. The number of allylic oxidation sites excluding steroid dienone is 3. The van der Waals surface area contributed by atoms with E-state index in [9.17, 15) is 30.7 Å². The van der Waals surface area contributed by atoms with Crippen LogP contribution in [0.15, 0.2) is 41.8 Å². The van der Waals surface area contributed by atoms with E-state index in [4.69, 9.17) is 4.74 Å². The van der Waals surface area contributed by atoms with Gasteiger partial charge in [0.1, 0.15) is 5.83 Å². The molecule has 0 amide bonds. The number of alkyl halides is 6. The van der Waals surface area contributed by atoms with Crippen LogP contribution in [0, 0.1) is 17.8 Å². The van der Waals surface area contributed by atoms with Gasteiger partial charge in [-0.25, -0.2) is 4.39 Å². The summed E-state index contributed by atoms with van der Waals surface area (Å²) in [6.07, 6.45) is -5.63. The topological polar surface area (TPSA) is 21.3 Å². The number of ether oxygens (including phenoxy) is 1. The lowest BCUT2D eigenvalue weighted by atomic mass is 9.67. The number of rotatable bonds is 4. The molecule has 2 fully saturated rings. The Balaban J connectivity index is 1.63. The van der Waals surface area contributed by atoms with Crippen LogP contribution < -0.4 is 5.32 Å². The van der Waals surface area contributed by atoms with Crippen molar-refractivity contribution in [1.82, 2.24) is 5.32 Å². The molecule has 1 N–H and O–H groups in total. The zero-order chi connectivity index (χ0) is 24.0. The van der Waals surface area contributed by atoms with Crippen LogP contribution >= 0.6 is 0 Å². The summed E-state index contributed by atoms with van der Waals surface area (Å²) < 4.78 is 99.5. The molecule has 4 rings (SSSR count). The maximum atomic E-state index is 13.6. The Bertz CT molecular complexity index is 901. The minimum absolute atomic E-state index is 0.0570. The van der Waals surface area contributed by atoms with E-state index in [2.05, 4.69) is 5.32 Å². The van der Waals surface area contributed by atoms with Gasteiger partial charge in [-0.3, -0.25) is 0 Å². The van der Waals surface area contributed by atoms with E-state index in [0.717, 1.165) is 37.2 Å². The molecule has 33 heavy (non-hydrogen) atoms. The summed E-state index contributed by atoms with van der Waals surface area (Å²) >= 11 is 0. The number of nitrogens with one attached hydrogen (secondary N) is 1. The van der Waals surface area contributed by atoms with Crippen LogP contribution in [0.25, 0.3) is 0 Å². The van der Waals surface area contributed by atoms with Gasteiger partial charge in [-0.1, -0.05) is 11.6 Å². The van der Waals surface area contributed by atoms with Crippen molar-refractivity contribution in [1.29, 1.82) is 0 Å². The molecule has 0 radical (unpaired) electrons. The number of hydrogen-bond acceptors (Lipinski definition) is 2. The summed E-state index contributed by atoms with van der Waals surface area (Å²) in [4.78, 5) is 0. The number of hydrogen-bond donors (Lipinski definition) is 1. The zero-order valence-electron chi connectivity index (χ0n) is 18.1. The van der Waals surface area contributed by atoms with Crippen LogP contribution in [0.5, 0.6) is 0 Å². The van der Waals surface area contributed by atoms with Gasteiger partial charge in [0.15, 0.2) is 0 Å². The molecular weight excluding hydrogens is 451 g/mol. The molecule has 2 aliphatic carbocycles. The monoisotopic (exact) mass is 477 g/mol. The second-order valence-electron chi connectivity index (χ2n) is 9.20. The Kier molecular flexibility index (Phi) is 6.66. The first kappa shape index (κ1) is 24.3. The maximum absolute atomic E-state index is 13.6.